The van der Waals surface area contributed by atoms with Crippen LogP contribution in [0.4, 0.5) is 0 Å². The standard InChI is InChI=1S/C19H28O7/c1-10(24-18(20)11-2-4-14-16(6-11)25-14)23-13-8-21-19(22-9-13)12-3-5-15-17(7-12)26-15/h10-17,19H,2-9H2,1H3. The van der Waals surface area contributed by atoms with Crippen LogP contribution < -0.4 is 0 Å². The third-order valence-corrected chi connectivity index (χ3v) is 6.33. The Labute approximate surface area is 153 Å². The number of ether oxygens (including phenoxy) is 6. The zero-order valence-electron chi connectivity index (χ0n) is 15.2. The number of rotatable bonds is 5. The first kappa shape index (κ1) is 17.4. The van der Waals surface area contributed by atoms with E-state index in [0.29, 0.717) is 37.4 Å². The molecule has 0 amide bonds. The van der Waals surface area contributed by atoms with E-state index in [1.165, 1.54) is 0 Å². The topological polar surface area (TPSA) is 79.1 Å². The summed E-state index contributed by atoms with van der Waals surface area (Å²) in [6.07, 6.45) is 6.43. The Bertz CT molecular complexity index is 532. The monoisotopic (exact) mass is 368 g/mol. The first-order valence-corrected chi connectivity index (χ1v) is 10.1. The zero-order valence-corrected chi connectivity index (χ0v) is 15.2. The Hall–Kier alpha value is -0.730. The Kier molecular flexibility index (Phi) is 4.69. The van der Waals surface area contributed by atoms with Crippen molar-refractivity contribution in [1.29, 1.82) is 0 Å². The highest BCUT2D eigenvalue weighted by atomic mass is 16.7. The average Bonchev–Trinajstić information content (AvgIpc) is 3.54. The van der Waals surface area contributed by atoms with E-state index >= 15 is 0 Å². The van der Waals surface area contributed by atoms with Crippen LogP contribution in [0.15, 0.2) is 0 Å². The molecule has 146 valence electrons. The minimum absolute atomic E-state index is 0.0622. The minimum atomic E-state index is -0.593. The Balaban J connectivity index is 1.02. The summed E-state index contributed by atoms with van der Waals surface area (Å²) in [5.74, 6) is 0.172. The van der Waals surface area contributed by atoms with Gasteiger partial charge in [-0.3, -0.25) is 4.79 Å². The van der Waals surface area contributed by atoms with Crippen molar-refractivity contribution in [3.05, 3.63) is 0 Å². The molecule has 0 bridgehead atoms. The fraction of sp³-hybridized carbons (Fsp3) is 0.947. The third kappa shape index (κ3) is 3.78. The first-order chi connectivity index (χ1) is 12.7. The maximum atomic E-state index is 12.3. The fourth-order valence-corrected chi connectivity index (χ4v) is 4.71. The lowest BCUT2D eigenvalue weighted by atomic mass is 9.88. The molecule has 2 saturated carbocycles. The van der Waals surface area contributed by atoms with Crippen LogP contribution in [0.2, 0.25) is 0 Å². The van der Waals surface area contributed by atoms with Crippen LogP contribution >= 0.6 is 0 Å². The lowest BCUT2D eigenvalue weighted by Crippen LogP contribution is -2.43. The Morgan fingerprint density at radius 1 is 0.923 bits per heavy atom. The molecule has 0 aromatic rings. The second kappa shape index (κ2) is 7.02. The van der Waals surface area contributed by atoms with Gasteiger partial charge in [-0.15, -0.1) is 0 Å². The molecule has 7 heteroatoms. The van der Waals surface area contributed by atoms with Crippen LogP contribution in [0.1, 0.15) is 45.4 Å². The summed E-state index contributed by atoms with van der Waals surface area (Å²) in [7, 11) is 0. The molecule has 7 nitrogen and oxygen atoms in total. The Morgan fingerprint density at radius 2 is 1.62 bits per heavy atom. The van der Waals surface area contributed by atoms with Gasteiger partial charge in [-0.25, -0.2) is 0 Å². The van der Waals surface area contributed by atoms with Crippen LogP contribution in [-0.4, -0.2) is 62.3 Å². The highest BCUT2D eigenvalue weighted by molar-refractivity contribution is 5.72. The summed E-state index contributed by atoms with van der Waals surface area (Å²) in [5.41, 5.74) is 0. The highest BCUT2D eigenvalue weighted by Gasteiger charge is 2.47. The van der Waals surface area contributed by atoms with E-state index in [4.69, 9.17) is 28.4 Å². The van der Waals surface area contributed by atoms with Crippen molar-refractivity contribution in [2.45, 2.75) is 88.5 Å². The van der Waals surface area contributed by atoms with E-state index in [-0.39, 0.29) is 30.4 Å². The molecule has 2 aliphatic carbocycles. The van der Waals surface area contributed by atoms with Gasteiger partial charge in [0.1, 0.15) is 6.10 Å². The number of fused-ring (bicyclic) bond motifs is 2. The molecule has 0 aromatic carbocycles. The smallest absolute Gasteiger partial charge is 0.311 e. The van der Waals surface area contributed by atoms with Gasteiger partial charge in [0.15, 0.2) is 6.29 Å². The lowest BCUT2D eigenvalue weighted by Gasteiger charge is -2.35. The lowest BCUT2D eigenvalue weighted by molar-refractivity contribution is -0.272. The van der Waals surface area contributed by atoms with E-state index in [0.717, 1.165) is 38.5 Å². The third-order valence-electron chi connectivity index (χ3n) is 6.33. The van der Waals surface area contributed by atoms with Crippen LogP contribution in [0.25, 0.3) is 0 Å². The maximum absolute atomic E-state index is 12.3. The van der Waals surface area contributed by atoms with E-state index in [2.05, 4.69) is 0 Å². The molecular formula is C19H28O7. The minimum Gasteiger partial charge on any atom is -0.436 e. The predicted octanol–water partition coefficient (Wildman–Crippen LogP) is 1.77. The van der Waals surface area contributed by atoms with Gasteiger partial charge in [0.25, 0.3) is 0 Å². The molecule has 3 aliphatic heterocycles. The normalized spacial score (nSPS) is 48.0. The molecule has 0 N–H and O–H groups in total. The molecule has 7 unspecified atom stereocenters. The summed E-state index contributed by atoms with van der Waals surface area (Å²) < 4.78 is 34.1. The van der Waals surface area contributed by atoms with Crippen LogP contribution in [0.3, 0.4) is 0 Å². The highest BCUT2D eigenvalue weighted by Crippen LogP contribution is 2.42. The summed E-state index contributed by atoms with van der Waals surface area (Å²) in [6, 6.07) is 0. The number of hydrogen-bond donors (Lipinski definition) is 0. The molecule has 26 heavy (non-hydrogen) atoms. The van der Waals surface area contributed by atoms with Gasteiger partial charge < -0.3 is 28.4 Å². The molecule has 0 spiro atoms. The molecule has 0 aromatic heterocycles. The SMILES string of the molecule is CC(OC(=O)C1CCC2OC2C1)OC1COC(C2CCC3OC3C2)OC1. The molecule has 5 fully saturated rings. The summed E-state index contributed by atoms with van der Waals surface area (Å²) >= 11 is 0. The van der Waals surface area contributed by atoms with Gasteiger partial charge in [0.2, 0.25) is 6.29 Å². The molecule has 5 aliphatic rings. The van der Waals surface area contributed by atoms with Gasteiger partial charge in [0, 0.05) is 5.92 Å². The first-order valence-electron chi connectivity index (χ1n) is 10.1. The van der Waals surface area contributed by atoms with Crippen molar-refractivity contribution in [3.63, 3.8) is 0 Å². The summed E-state index contributed by atoms with van der Waals surface area (Å²) in [5, 5.41) is 0. The molecular weight excluding hydrogens is 340 g/mol. The molecule has 0 radical (unpaired) electrons. The van der Waals surface area contributed by atoms with Gasteiger partial charge in [-0.05, 0) is 45.4 Å². The van der Waals surface area contributed by atoms with Crippen LogP contribution in [-0.2, 0) is 33.2 Å². The molecule has 7 atom stereocenters. The molecule has 5 rings (SSSR count). The van der Waals surface area contributed by atoms with E-state index in [9.17, 15) is 4.79 Å². The number of esters is 1. The number of carbonyl (C=O) groups excluding carboxylic acids is 1. The molecule has 3 heterocycles. The van der Waals surface area contributed by atoms with Crippen molar-refractivity contribution in [1.82, 2.24) is 0 Å². The number of hydrogen-bond acceptors (Lipinski definition) is 7. The van der Waals surface area contributed by atoms with Crippen molar-refractivity contribution >= 4 is 5.97 Å². The van der Waals surface area contributed by atoms with Crippen LogP contribution in [0.5, 0.6) is 0 Å². The van der Waals surface area contributed by atoms with Gasteiger partial charge in [-0.1, -0.05) is 0 Å². The van der Waals surface area contributed by atoms with Crippen LogP contribution in [0, 0.1) is 11.8 Å². The number of epoxide rings is 2. The van der Waals surface area contributed by atoms with Crippen molar-refractivity contribution in [3.8, 4) is 0 Å². The quantitative estimate of drug-likeness (QED) is 0.416. The average molecular weight is 368 g/mol. The Morgan fingerprint density at radius 3 is 2.31 bits per heavy atom. The second-order valence-corrected chi connectivity index (χ2v) is 8.31. The van der Waals surface area contributed by atoms with E-state index in [1.807, 2.05) is 0 Å². The van der Waals surface area contributed by atoms with Crippen molar-refractivity contribution < 1.29 is 33.2 Å². The van der Waals surface area contributed by atoms with E-state index in [1.54, 1.807) is 6.92 Å². The predicted molar refractivity (Wildman–Crippen MR) is 88.1 cm³/mol. The zero-order chi connectivity index (χ0) is 17.7. The maximum Gasteiger partial charge on any atom is 0.311 e. The fourth-order valence-electron chi connectivity index (χ4n) is 4.71. The summed E-state index contributed by atoms with van der Waals surface area (Å²) in [6.45, 7) is 2.70. The number of carbonyl (C=O) groups is 1. The molecule has 3 saturated heterocycles. The second-order valence-electron chi connectivity index (χ2n) is 8.31. The van der Waals surface area contributed by atoms with E-state index < -0.39 is 6.29 Å². The largest absolute Gasteiger partial charge is 0.436 e. The van der Waals surface area contributed by atoms with Gasteiger partial charge in [-0.2, -0.15) is 0 Å². The van der Waals surface area contributed by atoms with Crippen molar-refractivity contribution in [2.75, 3.05) is 13.2 Å². The van der Waals surface area contributed by atoms with Gasteiger partial charge >= 0.3 is 5.97 Å². The van der Waals surface area contributed by atoms with Crippen molar-refractivity contribution in [2.24, 2.45) is 11.8 Å². The van der Waals surface area contributed by atoms with Gasteiger partial charge in [0.05, 0.1) is 43.5 Å². The summed E-state index contributed by atoms with van der Waals surface area (Å²) in [4.78, 5) is 12.3.